The summed E-state index contributed by atoms with van der Waals surface area (Å²) < 4.78 is 5.47. The van der Waals surface area contributed by atoms with Gasteiger partial charge in [-0.1, -0.05) is 18.2 Å². The molecule has 3 rings (SSSR count). The highest BCUT2D eigenvalue weighted by atomic mass is 32.1. The summed E-state index contributed by atoms with van der Waals surface area (Å²) in [5, 5.41) is 11.8. The molecule has 0 saturated heterocycles. The van der Waals surface area contributed by atoms with Gasteiger partial charge in [-0.25, -0.2) is 0 Å². The third-order valence-corrected chi connectivity index (χ3v) is 4.20. The molecule has 118 valence electrons. The maximum absolute atomic E-state index is 12.4. The fourth-order valence-electron chi connectivity index (χ4n) is 2.26. The van der Waals surface area contributed by atoms with Crippen molar-refractivity contribution in [2.45, 2.75) is 13.5 Å². The number of hydrogen-bond acceptors (Lipinski definition) is 4. The highest BCUT2D eigenvalue weighted by molar-refractivity contribution is 7.13. The molecule has 1 amide bonds. The van der Waals surface area contributed by atoms with Crippen LogP contribution in [-0.2, 0) is 6.54 Å². The predicted octanol–water partition coefficient (Wildman–Crippen LogP) is 3.47. The normalized spacial score (nSPS) is 10.5. The minimum atomic E-state index is -0.149. The van der Waals surface area contributed by atoms with Crippen LogP contribution < -0.4 is 10.1 Å². The number of amides is 1. The molecule has 2 aromatic heterocycles. The topological polar surface area (TPSA) is 67.0 Å². The number of nitrogens with one attached hydrogen (secondary N) is 2. The summed E-state index contributed by atoms with van der Waals surface area (Å²) >= 11 is 1.57. The molecule has 0 aliphatic rings. The van der Waals surface area contributed by atoms with E-state index in [1.165, 1.54) is 0 Å². The fourth-order valence-corrected chi connectivity index (χ4v) is 2.99. The van der Waals surface area contributed by atoms with E-state index < -0.39 is 0 Å². The smallest absolute Gasteiger partial charge is 0.255 e. The van der Waals surface area contributed by atoms with E-state index in [-0.39, 0.29) is 5.91 Å². The second kappa shape index (κ2) is 7.11. The molecular weight excluding hydrogens is 310 g/mol. The third-order valence-electron chi connectivity index (χ3n) is 3.31. The molecule has 0 unspecified atom stereocenters. The minimum Gasteiger partial charge on any atom is -0.494 e. The zero-order valence-electron chi connectivity index (χ0n) is 12.7. The van der Waals surface area contributed by atoms with Gasteiger partial charge in [-0.05, 0) is 36.1 Å². The van der Waals surface area contributed by atoms with Crippen LogP contribution in [0.15, 0.2) is 48.0 Å². The van der Waals surface area contributed by atoms with Gasteiger partial charge in [-0.2, -0.15) is 5.10 Å². The highest BCUT2D eigenvalue weighted by Crippen LogP contribution is 2.25. The lowest BCUT2D eigenvalue weighted by Gasteiger charge is -2.08. The summed E-state index contributed by atoms with van der Waals surface area (Å²) in [4.78, 5) is 13.4. The molecule has 0 fully saturated rings. The summed E-state index contributed by atoms with van der Waals surface area (Å²) in [6.45, 7) is 3.00. The zero-order valence-corrected chi connectivity index (χ0v) is 13.5. The first-order valence-electron chi connectivity index (χ1n) is 7.35. The third kappa shape index (κ3) is 3.60. The Hall–Kier alpha value is -2.60. The van der Waals surface area contributed by atoms with Gasteiger partial charge in [0.05, 0.1) is 28.9 Å². The maximum Gasteiger partial charge on any atom is 0.255 e. The quantitative estimate of drug-likeness (QED) is 0.728. The van der Waals surface area contributed by atoms with Crippen LogP contribution in [0, 0.1) is 0 Å². The van der Waals surface area contributed by atoms with Crippen LogP contribution in [0.3, 0.4) is 0 Å². The fraction of sp³-hybridized carbons (Fsp3) is 0.176. The van der Waals surface area contributed by atoms with E-state index in [0.29, 0.717) is 18.7 Å². The number of nitrogens with zero attached hydrogens (tertiary/aromatic N) is 1. The minimum absolute atomic E-state index is 0.149. The van der Waals surface area contributed by atoms with Crippen LogP contribution >= 0.6 is 11.3 Å². The van der Waals surface area contributed by atoms with Crippen molar-refractivity contribution in [3.63, 3.8) is 0 Å². The number of ether oxygens (including phenoxy) is 1. The summed E-state index contributed by atoms with van der Waals surface area (Å²) in [6.07, 6.45) is 1.56. The molecule has 0 aliphatic heterocycles. The standard InChI is InChI=1S/C17H17N3O2S/c1-2-22-13-6-3-5-12(9-13)10-18-17(21)14-11-19-20-16(14)15-7-4-8-23-15/h3-9,11H,2,10H2,1H3,(H,18,21)(H,19,20). The van der Waals surface area contributed by atoms with E-state index in [1.54, 1.807) is 17.5 Å². The van der Waals surface area contributed by atoms with Crippen LogP contribution in [0.25, 0.3) is 10.6 Å². The molecule has 5 nitrogen and oxygen atoms in total. The Labute approximate surface area is 138 Å². The Morgan fingerprint density at radius 2 is 2.26 bits per heavy atom. The molecule has 0 aliphatic carbocycles. The Balaban J connectivity index is 1.69. The van der Waals surface area contributed by atoms with Crippen molar-refractivity contribution in [3.8, 4) is 16.3 Å². The lowest BCUT2D eigenvalue weighted by atomic mass is 10.2. The van der Waals surface area contributed by atoms with Gasteiger partial charge in [0.2, 0.25) is 0 Å². The second-order valence-corrected chi connectivity index (χ2v) is 5.85. The van der Waals surface area contributed by atoms with E-state index >= 15 is 0 Å². The summed E-state index contributed by atoms with van der Waals surface area (Å²) in [5.41, 5.74) is 2.29. The number of hydrogen-bond donors (Lipinski definition) is 2. The molecule has 0 spiro atoms. The number of thiophene rings is 1. The molecule has 2 N–H and O–H groups in total. The molecule has 1 aromatic carbocycles. The van der Waals surface area contributed by atoms with Crippen molar-refractivity contribution in [2.24, 2.45) is 0 Å². The van der Waals surface area contributed by atoms with Gasteiger partial charge in [0, 0.05) is 6.54 Å². The molecule has 6 heteroatoms. The van der Waals surface area contributed by atoms with E-state index in [1.807, 2.05) is 48.7 Å². The van der Waals surface area contributed by atoms with E-state index in [9.17, 15) is 4.79 Å². The van der Waals surface area contributed by atoms with Gasteiger partial charge < -0.3 is 10.1 Å². The molecule has 0 bridgehead atoms. The van der Waals surface area contributed by atoms with Crippen molar-refractivity contribution in [1.82, 2.24) is 15.5 Å². The molecule has 23 heavy (non-hydrogen) atoms. The van der Waals surface area contributed by atoms with Crippen molar-refractivity contribution >= 4 is 17.2 Å². The van der Waals surface area contributed by atoms with Crippen LogP contribution in [-0.4, -0.2) is 22.7 Å². The van der Waals surface area contributed by atoms with Crippen molar-refractivity contribution in [3.05, 3.63) is 59.1 Å². The molecule has 0 radical (unpaired) electrons. The van der Waals surface area contributed by atoms with Gasteiger partial charge in [0.15, 0.2) is 0 Å². The summed E-state index contributed by atoms with van der Waals surface area (Å²) in [5.74, 6) is 0.658. The van der Waals surface area contributed by atoms with Gasteiger partial charge in [0.25, 0.3) is 5.91 Å². The van der Waals surface area contributed by atoms with Gasteiger partial charge in [-0.15, -0.1) is 11.3 Å². The van der Waals surface area contributed by atoms with Crippen molar-refractivity contribution < 1.29 is 9.53 Å². The van der Waals surface area contributed by atoms with E-state index in [0.717, 1.165) is 21.9 Å². The average molecular weight is 327 g/mol. The van der Waals surface area contributed by atoms with Gasteiger partial charge >= 0.3 is 0 Å². The van der Waals surface area contributed by atoms with Gasteiger partial charge in [-0.3, -0.25) is 9.89 Å². The number of rotatable bonds is 6. The average Bonchev–Trinajstić information content (AvgIpc) is 3.24. The first-order valence-corrected chi connectivity index (χ1v) is 8.23. The molecule has 3 aromatic rings. The molecule has 0 atom stereocenters. The summed E-state index contributed by atoms with van der Waals surface area (Å²) in [7, 11) is 0. The Morgan fingerprint density at radius 3 is 3.04 bits per heavy atom. The predicted molar refractivity (Wildman–Crippen MR) is 90.7 cm³/mol. The second-order valence-electron chi connectivity index (χ2n) is 4.90. The number of carbonyl (C=O) groups excluding carboxylic acids is 1. The lowest BCUT2D eigenvalue weighted by Crippen LogP contribution is -2.22. The highest BCUT2D eigenvalue weighted by Gasteiger charge is 2.15. The number of benzene rings is 1. The van der Waals surface area contributed by atoms with Crippen molar-refractivity contribution in [1.29, 1.82) is 0 Å². The number of H-pyrrole nitrogens is 1. The van der Waals surface area contributed by atoms with Crippen LogP contribution in [0.4, 0.5) is 0 Å². The SMILES string of the molecule is CCOc1cccc(CNC(=O)c2cn[nH]c2-c2cccs2)c1. The van der Waals surface area contributed by atoms with Crippen LogP contribution in [0.5, 0.6) is 5.75 Å². The largest absolute Gasteiger partial charge is 0.494 e. The van der Waals surface area contributed by atoms with Crippen molar-refractivity contribution in [2.75, 3.05) is 6.61 Å². The lowest BCUT2D eigenvalue weighted by molar-refractivity contribution is 0.0951. The Morgan fingerprint density at radius 1 is 1.35 bits per heavy atom. The van der Waals surface area contributed by atoms with Crippen LogP contribution in [0.1, 0.15) is 22.8 Å². The molecule has 2 heterocycles. The first-order chi connectivity index (χ1) is 11.3. The molecular formula is C17H17N3O2S. The van der Waals surface area contributed by atoms with Crippen LogP contribution in [0.2, 0.25) is 0 Å². The number of aromatic nitrogens is 2. The maximum atomic E-state index is 12.4. The zero-order chi connectivity index (χ0) is 16.1. The number of aromatic amines is 1. The van der Waals surface area contributed by atoms with E-state index in [2.05, 4.69) is 15.5 Å². The Kier molecular flexibility index (Phi) is 4.73. The first kappa shape index (κ1) is 15.3. The Bertz CT molecular complexity index is 781. The van der Waals surface area contributed by atoms with Gasteiger partial charge in [0.1, 0.15) is 5.75 Å². The number of carbonyl (C=O) groups is 1. The summed E-state index contributed by atoms with van der Waals surface area (Å²) in [6, 6.07) is 11.6. The monoisotopic (exact) mass is 327 g/mol. The van der Waals surface area contributed by atoms with E-state index in [4.69, 9.17) is 4.74 Å². The molecule has 0 saturated carbocycles.